The number of benzene rings is 1. The van der Waals surface area contributed by atoms with Crippen molar-refractivity contribution in [2.45, 2.75) is 45.6 Å². The number of aromatic amines is 1. The van der Waals surface area contributed by atoms with Gasteiger partial charge in [-0.2, -0.15) is 0 Å². The third-order valence-corrected chi connectivity index (χ3v) is 6.58. The zero-order valence-corrected chi connectivity index (χ0v) is 21.7. The third-order valence-electron chi connectivity index (χ3n) is 6.58. The fraction of sp³-hybridized carbons (Fsp3) is 0.414. The predicted octanol–water partition coefficient (Wildman–Crippen LogP) is 4.48. The normalized spacial score (nSPS) is 19.1. The molecule has 0 radical (unpaired) electrons. The van der Waals surface area contributed by atoms with E-state index in [1.807, 2.05) is 49.3 Å². The minimum Gasteiger partial charge on any atom is -0.466 e. The van der Waals surface area contributed by atoms with Gasteiger partial charge < -0.3 is 19.5 Å². The molecule has 1 aromatic carbocycles. The van der Waals surface area contributed by atoms with E-state index in [2.05, 4.69) is 24.4 Å². The first-order valence-electron chi connectivity index (χ1n) is 12.2. The summed E-state index contributed by atoms with van der Waals surface area (Å²) in [6, 6.07) is 7.01. The van der Waals surface area contributed by atoms with Gasteiger partial charge in [-0.05, 0) is 56.4 Å². The van der Waals surface area contributed by atoms with Crippen molar-refractivity contribution in [1.82, 2.24) is 14.8 Å². The number of terminal acetylenes is 1. The number of fused-ring (bicyclic) bond motifs is 1. The van der Waals surface area contributed by atoms with E-state index >= 15 is 0 Å². The number of aryl methyl sites for hydroxylation is 1. The van der Waals surface area contributed by atoms with E-state index in [1.165, 1.54) is 0 Å². The van der Waals surface area contributed by atoms with E-state index < -0.39 is 5.92 Å². The number of nitrogens with zero attached hydrogens (tertiary/aromatic N) is 2. The lowest BCUT2D eigenvalue weighted by Crippen LogP contribution is -2.49. The molecule has 0 spiro atoms. The van der Waals surface area contributed by atoms with Crippen molar-refractivity contribution in [3.8, 4) is 12.8 Å². The van der Waals surface area contributed by atoms with Crippen molar-refractivity contribution in [3.05, 3.63) is 71.6 Å². The third kappa shape index (κ3) is 5.88. The van der Waals surface area contributed by atoms with Crippen LogP contribution in [0.4, 0.5) is 0 Å². The number of rotatable bonds is 4. The van der Waals surface area contributed by atoms with Gasteiger partial charge in [0.15, 0.2) is 0 Å². The van der Waals surface area contributed by atoms with Gasteiger partial charge in [0.1, 0.15) is 0 Å². The van der Waals surface area contributed by atoms with Gasteiger partial charge in [-0.25, -0.2) is 0 Å². The van der Waals surface area contributed by atoms with Crippen LogP contribution in [0, 0.1) is 25.7 Å². The van der Waals surface area contributed by atoms with Crippen LogP contribution in [0.2, 0.25) is 0 Å². The first-order chi connectivity index (χ1) is 17.3. The summed E-state index contributed by atoms with van der Waals surface area (Å²) in [4.78, 5) is 45.7. The van der Waals surface area contributed by atoms with Gasteiger partial charge in [0.05, 0.1) is 24.5 Å². The SMILES string of the molecule is C#C.C=CC.CCOC(=O)C1CCN(C(=O)C2c3ccccc3C(=O)N(C)C2c2c[nH]cc2C)CC1. The van der Waals surface area contributed by atoms with Crippen LogP contribution in [0.3, 0.4) is 0 Å². The van der Waals surface area contributed by atoms with Gasteiger partial charge in [0.25, 0.3) is 5.91 Å². The second-order valence-corrected chi connectivity index (χ2v) is 8.78. The molecule has 7 nitrogen and oxygen atoms in total. The highest BCUT2D eigenvalue weighted by molar-refractivity contribution is 6.01. The average Bonchev–Trinajstić information content (AvgIpc) is 3.32. The molecule has 2 amide bonds. The van der Waals surface area contributed by atoms with Crippen molar-refractivity contribution in [2.24, 2.45) is 5.92 Å². The smallest absolute Gasteiger partial charge is 0.309 e. The number of ether oxygens (including phenoxy) is 1. The summed E-state index contributed by atoms with van der Waals surface area (Å²) in [6.07, 6.45) is 14.7. The molecule has 1 N–H and O–H groups in total. The van der Waals surface area contributed by atoms with Crippen LogP contribution in [0.15, 0.2) is 49.3 Å². The average molecular weight is 492 g/mol. The Morgan fingerprint density at radius 3 is 2.33 bits per heavy atom. The maximum absolute atomic E-state index is 13.8. The lowest BCUT2D eigenvalue weighted by molar-refractivity contribution is -0.151. The van der Waals surface area contributed by atoms with Crippen LogP contribution < -0.4 is 0 Å². The standard InChI is InChI=1S/C24H29N3O4.C3H6.C2H2/c1-4-31-24(30)16-9-11-27(12-10-16)23(29)20-17-7-5-6-8-18(17)22(28)26(3)21(20)19-14-25-13-15(19)2;1-3-2;1-2/h5-8,13-14,16,20-21,25H,4,9-12H2,1-3H3;3H,1H2,2H3;1-2H. The number of carbonyl (C=O) groups is 3. The largest absolute Gasteiger partial charge is 0.466 e. The minimum absolute atomic E-state index is 0.000270. The molecule has 4 rings (SSSR count). The summed E-state index contributed by atoms with van der Waals surface area (Å²) in [5.74, 6) is -0.906. The lowest BCUT2D eigenvalue weighted by atomic mass is 9.78. The first kappa shape index (κ1) is 28.4. The number of allylic oxidation sites excluding steroid dienone is 1. The molecule has 0 aliphatic carbocycles. The summed E-state index contributed by atoms with van der Waals surface area (Å²) >= 11 is 0. The highest BCUT2D eigenvalue weighted by atomic mass is 16.5. The van der Waals surface area contributed by atoms with E-state index in [9.17, 15) is 14.4 Å². The van der Waals surface area contributed by atoms with Crippen LogP contribution in [-0.4, -0.2) is 59.3 Å². The number of likely N-dealkylation sites (tertiary alicyclic amines) is 1. The summed E-state index contributed by atoms with van der Waals surface area (Å²) in [7, 11) is 1.77. The van der Waals surface area contributed by atoms with Gasteiger partial charge in [-0.1, -0.05) is 24.3 Å². The molecular formula is C29H37N3O4. The highest BCUT2D eigenvalue weighted by Crippen LogP contribution is 2.44. The van der Waals surface area contributed by atoms with E-state index in [-0.39, 0.29) is 29.7 Å². The number of hydrogen-bond donors (Lipinski definition) is 1. The number of nitrogens with one attached hydrogen (secondary N) is 1. The number of esters is 1. The molecule has 2 aromatic rings. The number of H-pyrrole nitrogens is 1. The van der Waals surface area contributed by atoms with E-state index in [0.717, 1.165) is 16.7 Å². The number of piperidine rings is 1. The van der Waals surface area contributed by atoms with Crippen LogP contribution in [-0.2, 0) is 14.3 Å². The van der Waals surface area contributed by atoms with Crippen molar-refractivity contribution >= 4 is 17.8 Å². The minimum atomic E-state index is -0.493. The van der Waals surface area contributed by atoms with Crippen molar-refractivity contribution in [2.75, 3.05) is 26.7 Å². The molecule has 2 unspecified atom stereocenters. The molecule has 1 fully saturated rings. The summed E-state index contributed by atoms with van der Waals surface area (Å²) in [5.41, 5.74) is 3.32. The Morgan fingerprint density at radius 2 is 1.78 bits per heavy atom. The van der Waals surface area contributed by atoms with Crippen LogP contribution in [0.25, 0.3) is 0 Å². The molecule has 3 heterocycles. The van der Waals surface area contributed by atoms with Crippen molar-refractivity contribution in [3.63, 3.8) is 0 Å². The number of aromatic nitrogens is 1. The second kappa shape index (κ2) is 13.3. The van der Waals surface area contributed by atoms with E-state index in [1.54, 1.807) is 31.0 Å². The molecule has 1 saturated heterocycles. The zero-order valence-electron chi connectivity index (χ0n) is 21.7. The van der Waals surface area contributed by atoms with Crippen molar-refractivity contribution in [1.29, 1.82) is 0 Å². The molecule has 2 aliphatic heterocycles. The quantitative estimate of drug-likeness (QED) is 0.388. The molecule has 7 heteroatoms. The maximum Gasteiger partial charge on any atom is 0.309 e. The van der Waals surface area contributed by atoms with Gasteiger partial charge >= 0.3 is 5.97 Å². The van der Waals surface area contributed by atoms with Crippen LogP contribution in [0.1, 0.15) is 65.7 Å². The van der Waals surface area contributed by atoms with Crippen LogP contribution >= 0.6 is 0 Å². The van der Waals surface area contributed by atoms with Gasteiger partial charge in [0.2, 0.25) is 5.91 Å². The Balaban J connectivity index is 0.000000850. The number of hydrogen-bond acceptors (Lipinski definition) is 4. The lowest BCUT2D eigenvalue weighted by Gasteiger charge is -2.42. The molecule has 2 atom stereocenters. The molecule has 0 saturated carbocycles. The Bertz CT molecular complexity index is 1080. The van der Waals surface area contributed by atoms with Gasteiger partial charge in [-0.3, -0.25) is 14.4 Å². The fourth-order valence-corrected chi connectivity index (χ4v) is 4.89. The van der Waals surface area contributed by atoms with Gasteiger partial charge in [-0.15, -0.1) is 19.4 Å². The summed E-state index contributed by atoms with van der Waals surface area (Å²) < 4.78 is 5.15. The molecule has 2 aliphatic rings. The van der Waals surface area contributed by atoms with E-state index in [4.69, 9.17) is 4.74 Å². The Morgan fingerprint density at radius 1 is 1.17 bits per heavy atom. The Kier molecular flexibility index (Phi) is 10.5. The molecule has 36 heavy (non-hydrogen) atoms. The molecule has 192 valence electrons. The number of amides is 2. The summed E-state index contributed by atoms with van der Waals surface area (Å²) in [5, 5.41) is 0. The van der Waals surface area contributed by atoms with Crippen molar-refractivity contribution < 1.29 is 19.1 Å². The molecular weight excluding hydrogens is 454 g/mol. The second-order valence-electron chi connectivity index (χ2n) is 8.78. The van der Waals surface area contributed by atoms with Gasteiger partial charge in [0, 0.05) is 38.1 Å². The molecule has 1 aromatic heterocycles. The maximum atomic E-state index is 13.8. The topological polar surface area (TPSA) is 82.7 Å². The predicted molar refractivity (Wildman–Crippen MR) is 141 cm³/mol. The number of likely N-dealkylation sites (N-methyl/N-ethyl adjacent to an activating group) is 1. The highest BCUT2D eigenvalue weighted by Gasteiger charge is 2.45. The van der Waals surface area contributed by atoms with E-state index in [0.29, 0.717) is 38.1 Å². The number of carbonyl (C=O) groups excluding carboxylic acids is 3. The Hall–Kier alpha value is -3.79. The summed E-state index contributed by atoms with van der Waals surface area (Å²) in [6.45, 7) is 10.4. The fourth-order valence-electron chi connectivity index (χ4n) is 4.89. The first-order valence-corrected chi connectivity index (χ1v) is 12.2. The van der Waals surface area contributed by atoms with Crippen LogP contribution in [0.5, 0.6) is 0 Å². The molecule has 0 bridgehead atoms. The zero-order chi connectivity index (χ0) is 26.8. The Labute approximate surface area is 214 Å². The monoisotopic (exact) mass is 491 g/mol.